The van der Waals surface area contributed by atoms with E-state index in [1.165, 1.54) is 11.1 Å². The molecule has 22 heavy (non-hydrogen) atoms. The normalized spacial score (nSPS) is 11.9. The molecule has 0 saturated heterocycles. The van der Waals surface area contributed by atoms with Crippen molar-refractivity contribution >= 4 is 16.7 Å². The molecule has 1 N–H and O–H groups in total. The smallest absolute Gasteiger partial charge is 0.251 e. The zero-order valence-corrected chi connectivity index (χ0v) is 13.8. The summed E-state index contributed by atoms with van der Waals surface area (Å²) < 4.78 is 11.3. The molecular weight excluding hydrogens is 294 g/mol. The lowest BCUT2D eigenvalue weighted by Gasteiger charge is -2.08. The zero-order valence-electron chi connectivity index (χ0n) is 13.0. The predicted octanol–water partition coefficient (Wildman–Crippen LogP) is 2.85. The Balaban J connectivity index is 1.92. The Kier molecular flexibility index (Phi) is 5.90. The second kappa shape index (κ2) is 7.90. The topological polar surface area (TPSA) is 46.2 Å². The van der Waals surface area contributed by atoms with Gasteiger partial charge in [-0.3, -0.25) is 9.00 Å². The van der Waals surface area contributed by atoms with Crippen LogP contribution in [0.25, 0.3) is 0 Å². The molecule has 0 aliphatic rings. The van der Waals surface area contributed by atoms with Crippen LogP contribution in [-0.4, -0.2) is 22.9 Å². The van der Waals surface area contributed by atoms with Gasteiger partial charge in [0.2, 0.25) is 0 Å². The first-order valence-electron chi connectivity index (χ1n) is 7.28. The van der Waals surface area contributed by atoms with Crippen LogP contribution >= 0.6 is 0 Å². The number of hydrogen-bond donors (Lipinski definition) is 1. The van der Waals surface area contributed by atoms with E-state index in [9.17, 15) is 9.00 Å². The first-order chi connectivity index (χ1) is 10.6. The number of amides is 1. The van der Waals surface area contributed by atoms with E-state index >= 15 is 0 Å². The summed E-state index contributed by atoms with van der Waals surface area (Å²) in [4.78, 5) is 12.2. The van der Waals surface area contributed by atoms with Crippen LogP contribution in [0.4, 0.5) is 0 Å². The van der Waals surface area contributed by atoms with Gasteiger partial charge < -0.3 is 5.32 Å². The largest absolute Gasteiger partial charge is 0.352 e. The van der Waals surface area contributed by atoms with Crippen LogP contribution in [0.5, 0.6) is 0 Å². The summed E-state index contributed by atoms with van der Waals surface area (Å²) in [6.45, 7) is 2.68. The van der Waals surface area contributed by atoms with E-state index in [-0.39, 0.29) is 5.91 Å². The molecule has 0 aromatic heterocycles. The fourth-order valence-corrected chi connectivity index (χ4v) is 2.99. The quantitative estimate of drug-likeness (QED) is 0.891. The van der Waals surface area contributed by atoms with Crippen molar-refractivity contribution in [1.29, 1.82) is 0 Å². The predicted molar refractivity (Wildman–Crippen MR) is 91.4 cm³/mol. The van der Waals surface area contributed by atoms with Crippen molar-refractivity contribution < 1.29 is 9.00 Å². The van der Waals surface area contributed by atoms with Crippen molar-refractivity contribution in [2.75, 3.05) is 12.8 Å². The standard InChI is InChI=1S/C18H21NO2S/c1-14-6-3-4-8-16(14)10-11-19-18(20)17-9-5-7-15(12-17)13-22(2)21/h3-9,12H,10-11,13H2,1-2H3,(H,19,20). The number of carbonyl (C=O) groups excluding carboxylic acids is 1. The average molecular weight is 315 g/mol. The molecule has 1 unspecified atom stereocenters. The molecule has 116 valence electrons. The van der Waals surface area contributed by atoms with Crippen LogP contribution in [-0.2, 0) is 23.0 Å². The second-order valence-corrected chi connectivity index (χ2v) is 6.79. The fourth-order valence-electron chi connectivity index (χ4n) is 2.34. The van der Waals surface area contributed by atoms with E-state index in [0.717, 1.165) is 12.0 Å². The van der Waals surface area contributed by atoms with Crippen molar-refractivity contribution in [2.24, 2.45) is 0 Å². The lowest BCUT2D eigenvalue weighted by molar-refractivity contribution is 0.0954. The average Bonchev–Trinajstić information content (AvgIpc) is 2.48. The SMILES string of the molecule is Cc1ccccc1CCNC(=O)c1cccc(CS(C)=O)c1. The Bertz CT molecular complexity index is 682. The van der Waals surface area contributed by atoms with E-state index in [4.69, 9.17) is 0 Å². The molecule has 1 amide bonds. The zero-order chi connectivity index (χ0) is 15.9. The second-order valence-electron chi connectivity index (χ2n) is 5.35. The Morgan fingerprint density at radius 1 is 1.14 bits per heavy atom. The molecule has 2 rings (SSSR count). The highest BCUT2D eigenvalue weighted by Crippen LogP contribution is 2.09. The molecule has 0 spiro atoms. The summed E-state index contributed by atoms with van der Waals surface area (Å²) in [5.74, 6) is 0.391. The first kappa shape index (κ1) is 16.4. The Labute approximate surface area is 134 Å². The van der Waals surface area contributed by atoms with Gasteiger partial charge in [-0.25, -0.2) is 0 Å². The van der Waals surface area contributed by atoms with Crippen LogP contribution in [0, 0.1) is 6.92 Å². The molecule has 0 saturated carbocycles. The lowest BCUT2D eigenvalue weighted by Crippen LogP contribution is -2.25. The Hall–Kier alpha value is -1.94. The number of nitrogens with one attached hydrogen (secondary N) is 1. The number of aryl methyl sites for hydroxylation is 1. The van der Waals surface area contributed by atoms with Gasteiger partial charge in [0.25, 0.3) is 5.91 Å². The molecule has 0 radical (unpaired) electrons. The maximum Gasteiger partial charge on any atom is 0.251 e. The van der Waals surface area contributed by atoms with Crippen molar-refractivity contribution in [2.45, 2.75) is 19.1 Å². The van der Waals surface area contributed by atoms with E-state index in [0.29, 0.717) is 17.9 Å². The summed E-state index contributed by atoms with van der Waals surface area (Å²) in [6, 6.07) is 15.5. The summed E-state index contributed by atoms with van der Waals surface area (Å²) >= 11 is 0. The minimum Gasteiger partial charge on any atom is -0.352 e. The van der Waals surface area contributed by atoms with Crippen molar-refractivity contribution in [3.63, 3.8) is 0 Å². The van der Waals surface area contributed by atoms with E-state index in [1.807, 2.05) is 30.3 Å². The van der Waals surface area contributed by atoms with Gasteiger partial charge in [-0.05, 0) is 42.2 Å². The number of benzene rings is 2. The van der Waals surface area contributed by atoms with Crippen LogP contribution in [0.15, 0.2) is 48.5 Å². The fraction of sp³-hybridized carbons (Fsp3) is 0.278. The number of carbonyl (C=O) groups is 1. The third-order valence-corrected chi connectivity index (χ3v) is 4.24. The van der Waals surface area contributed by atoms with Gasteiger partial charge in [-0.15, -0.1) is 0 Å². The van der Waals surface area contributed by atoms with Gasteiger partial charge in [0.15, 0.2) is 0 Å². The van der Waals surface area contributed by atoms with Crippen molar-refractivity contribution in [1.82, 2.24) is 5.32 Å². The molecule has 0 bridgehead atoms. The molecule has 0 fully saturated rings. The van der Waals surface area contributed by atoms with Gasteiger partial charge >= 0.3 is 0 Å². The van der Waals surface area contributed by atoms with Crippen LogP contribution in [0.1, 0.15) is 27.0 Å². The number of hydrogen-bond acceptors (Lipinski definition) is 2. The molecule has 2 aromatic carbocycles. The highest BCUT2D eigenvalue weighted by molar-refractivity contribution is 7.83. The third-order valence-electron chi connectivity index (χ3n) is 3.50. The highest BCUT2D eigenvalue weighted by atomic mass is 32.2. The third kappa shape index (κ3) is 4.81. The lowest BCUT2D eigenvalue weighted by atomic mass is 10.1. The summed E-state index contributed by atoms with van der Waals surface area (Å²) in [7, 11) is -0.903. The first-order valence-corrected chi connectivity index (χ1v) is 9.00. The molecule has 4 heteroatoms. The molecule has 0 aliphatic heterocycles. The Morgan fingerprint density at radius 2 is 1.91 bits per heavy atom. The summed E-state index contributed by atoms with van der Waals surface area (Å²) in [5, 5.41) is 2.94. The molecule has 2 aromatic rings. The highest BCUT2D eigenvalue weighted by Gasteiger charge is 2.07. The van der Waals surface area contributed by atoms with Gasteiger partial charge in [-0.1, -0.05) is 36.4 Å². The van der Waals surface area contributed by atoms with Crippen LogP contribution in [0.3, 0.4) is 0 Å². The van der Waals surface area contributed by atoms with E-state index in [1.54, 1.807) is 12.3 Å². The maximum atomic E-state index is 12.2. The maximum absolute atomic E-state index is 12.2. The van der Waals surface area contributed by atoms with Gasteiger partial charge in [0, 0.05) is 34.9 Å². The molecule has 0 heterocycles. The van der Waals surface area contributed by atoms with Gasteiger partial charge in [0.05, 0.1) is 0 Å². The molecule has 0 aliphatic carbocycles. The minimum atomic E-state index is -0.903. The van der Waals surface area contributed by atoms with Gasteiger partial charge in [-0.2, -0.15) is 0 Å². The summed E-state index contributed by atoms with van der Waals surface area (Å²) in [5.41, 5.74) is 4.03. The van der Waals surface area contributed by atoms with Crippen molar-refractivity contribution in [3.8, 4) is 0 Å². The summed E-state index contributed by atoms with van der Waals surface area (Å²) in [6.07, 6.45) is 2.48. The molecule has 1 atom stereocenters. The van der Waals surface area contributed by atoms with Crippen LogP contribution in [0.2, 0.25) is 0 Å². The monoisotopic (exact) mass is 315 g/mol. The Morgan fingerprint density at radius 3 is 2.64 bits per heavy atom. The molecular formula is C18H21NO2S. The van der Waals surface area contributed by atoms with Crippen LogP contribution < -0.4 is 5.32 Å². The van der Waals surface area contributed by atoms with Gasteiger partial charge in [0.1, 0.15) is 0 Å². The number of rotatable bonds is 6. The minimum absolute atomic E-state index is 0.0858. The van der Waals surface area contributed by atoms with Crippen molar-refractivity contribution in [3.05, 3.63) is 70.8 Å². The molecule has 3 nitrogen and oxygen atoms in total. The van der Waals surface area contributed by atoms with E-state index in [2.05, 4.69) is 24.4 Å². The van der Waals surface area contributed by atoms with E-state index < -0.39 is 10.8 Å².